The lowest BCUT2D eigenvalue weighted by atomic mass is 10.0. The first-order chi connectivity index (χ1) is 14.0. The molecule has 0 aliphatic carbocycles. The number of carbonyl (C=O) groups excluding carboxylic acids is 1. The number of methoxy groups -OCH3 is 2. The first-order valence-corrected chi connectivity index (χ1v) is 8.83. The number of ether oxygens (including phenoxy) is 3. The van der Waals surface area contributed by atoms with Crippen LogP contribution >= 0.6 is 0 Å². The highest BCUT2D eigenvalue weighted by Gasteiger charge is 2.11. The van der Waals surface area contributed by atoms with E-state index >= 15 is 0 Å². The monoisotopic (exact) mass is 392 g/mol. The molecule has 0 fully saturated rings. The number of benzene rings is 3. The Morgan fingerprint density at radius 3 is 2.38 bits per heavy atom. The Bertz CT molecular complexity index is 1080. The van der Waals surface area contributed by atoms with Gasteiger partial charge in [-0.3, -0.25) is 4.79 Å². The minimum Gasteiger partial charge on any atom is -0.497 e. The fourth-order valence-electron chi connectivity index (χ4n) is 2.82. The second-order valence-electron chi connectivity index (χ2n) is 6.22. The van der Waals surface area contributed by atoms with Crippen molar-refractivity contribution in [2.45, 2.75) is 0 Å². The summed E-state index contributed by atoms with van der Waals surface area (Å²) in [4.78, 5) is 23.2. The van der Waals surface area contributed by atoms with Crippen molar-refractivity contribution in [2.24, 2.45) is 0 Å². The number of ketones is 1. The maximum Gasteiger partial charge on any atom is 0.341 e. The van der Waals surface area contributed by atoms with Crippen molar-refractivity contribution in [3.63, 3.8) is 0 Å². The van der Waals surface area contributed by atoms with E-state index in [4.69, 9.17) is 19.3 Å². The van der Waals surface area contributed by atoms with E-state index in [1.165, 1.54) is 25.3 Å². The number of hydrogen-bond acceptors (Lipinski definition) is 5. The van der Waals surface area contributed by atoms with Crippen LogP contribution < -0.4 is 14.2 Å². The minimum absolute atomic E-state index is 0.206. The van der Waals surface area contributed by atoms with Gasteiger partial charge in [-0.25, -0.2) is 4.79 Å². The maximum atomic E-state index is 12.5. The number of allylic oxidation sites excluding steroid dienone is 1. The van der Waals surface area contributed by atoms with E-state index in [2.05, 4.69) is 0 Å². The van der Waals surface area contributed by atoms with Crippen molar-refractivity contribution in [1.29, 1.82) is 0 Å². The predicted molar refractivity (Wildman–Crippen MR) is 110 cm³/mol. The maximum absolute atomic E-state index is 12.5. The third-order valence-corrected chi connectivity index (χ3v) is 4.30. The molecule has 0 amide bonds. The summed E-state index contributed by atoms with van der Waals surface area (Å²) in [7, 11) is 3.06. The van der Waals surface area contributed by atoms with Crippen molar-refractivity contribution < 1.29 is 28.9 Å². The van der Waals surface area contributed by atoms with Gasteiger partial charge >= 0.3 is 5.97 Å². The van der Waals surface area contributed by atoms with E-state index < -0.39 is 12.6 Å². The third-order valence-electron chi connectivity index (χ3n) is 4.30. The van der Waals surface area contributed by atoms with Gasteiger partial charge in [0.25, 0.3) is 0 Å². The highest BCUT2D eigenvalue weighted by atomic mass is 16.5. The quantitative estimate of drug-likeness (QED) is 0.457. The summed E-state index contributed by atoms with van der Waals surface area (Å²) in [5.74, 6) is 0.0538. The van der Waals surface area contributed by atoms with E-state index in [9.17, 15) is 9.59 Å². The molecule has 29 heavy (non-hydrogen) atoms. The number of hydrogen-bond donors (Lipinski definition) is 1. The van der Waals surface area contributed by atoms with Gasteiger partial charge in [-0.05, 0) is 58.8 Å². The van der Waals surface area contributed by atoms with Crippen LogP contribution in [0.4, 0.5) is 0 Å². The summed E-state index contributed by atoms with van der Waals surface area (Å²) < 4.78 is 15.6. The smallest absolute Gasteiger partial charge is 0.341 e. The molecule has 3 rings (SSSR count). The molecule has 0 aromatic heterocycles. The van der Waals surface area contributed by atoms with Gasteiger partial charge in [0.15, 0.2) is 23.9 Å². The molecule has 0 spiro atoms. The van der Waals surface area contributed by atoms with Gasteiger partial charge in [-0.1, -0.05) is 24.3 Å². The predicted octanol–water partition coefficient (Wildman–Crippen LogP) is 4.22. The zero-order valence-electron chi connectivity index (χ0n) is 16.0. The zero-order chi connectivity index (χ0) is 20.8. The van der Waals surface area contributed by atoms with Gasteiger partial charge in [-0.2, -0.15) is 0 Å². The SMILES string of the molecule is COc1ccc2cc(/C=C/C(=O)c3ccc(OCC(=O)O)c(OC)c3)ccc2c1. The molecule has 6 heteroatoms. The van der Waals surface area contributed by atoms with E-state index in [1.807, 2.05) is 36.4 Å². The van der Waals surface area contributed by atoms with Crippen LogP contribution in [0, 0.1) is 0 Å². The summed E-state index contributed by atoms with van der Waals surface area (Å²) in [5, 5.41) is 10.8. The van der Waals surface area contributed by atoms with Crippen molar-refractivity contribution >= 4 is 28.6 Å². The molecule has 0 unspecified atom stereocenters. The fraction of sp³-hybridized carbons (Fsp3) is 0.130. The third kappa shape index (κ3) is 4.93. The second-order valence-corrected chi connectivity index (χ2v) is 6.22. The average Bonchev–Trinajstić information content (AvgIpc) is 2.75. The van der Waals surface area contributed by atoms with Gasteiger partial charge in [0.05, 0.1) is 14.2 Å². The largest absolute Gasteiger partial charge is 0.497 e. The first-order valence-electron chi connectivity index (χ1n) is 8.83. The molecule has 0 atom stereocenters. The lowest BCUT2D eigenvalue weighted by Gasteiger charge is -2.10. The highest BCUT2D eigenvalue weighted by Crippen LogP contribution is 2.28. The molecular formula is C23H20O6. The van der Waals surface area contributed by atoms with Crippen molar-refractivity contribution in [3.05, 3.63) is 71.8 Å². The molecule has 0 aliphatic heterocycles. The van der Waals surface area contributed by atoms with Crippen molar-refractivity contribution in [3.8, 4) is 17.2 Å². The Kier molecular flexibility index (Phi) is 6.14. The lowest BCUT2D eigenvalue weighted by molar-refractivity contribution is -0.139. The molecule has 0 aliphatic rings. The van der Waals surface area contributed by atoms with Crippen LogP contribution in [-0.4, -0.2) is 37.7 Å². The summed E-state index contributed by atoms with van der Waals surface area (Å²) in [6.07, 6.45) is 3.23. The van der Waals surface area contributed by atoms with Gasteiger partial charge in [0, 0.05) is 5.56 Å². The van der Waals surface area contributed by atoms with Gasteiger partial charge < -0.3 is 19.3 Å². The fourth-order valence-corrected chi connectivity index (χ4v) is 2.82. The molecule has 0 radical (unpaired) electrons. The molecule has 3 aromatic carbocycles. The van der Waals surface area contributed by atoms with Crippen LogP contribution in [-0.2, 0) is 4.79 Å². The van der Waals surface area contributed by atoms with Crippen LogP contribution in [0.1, 0.15) is 15.9 Å². The number of carboxylic acids is 1. The van der Waals surface area contributed by atoms with Crippen LogP contribution in [0.2, 0.25) is 0 Å². The molecule has 1 N–H and O–H groups in total. The summed E-state index contributed by atoms with van der Waals surface area (Å²) in [6, 6.07) is 16.3. The first kappa shape index (κ1) is 19.9. The van der Waals surface area contributed by atoms with Gasteiger partial charge in [-0.15, -0.1) is 0 Å². The van der Waals surface area contributed by atoms with Crippen LogP contribution in [0.25, 0.3) is 16.8 Å². The van der Waals surface area contributed by atoms with Crippen LogP contribution in [0.5, 0.6) is 17.2 Å². The number of fused-ring (bicyclic) bond motifs is 1. The Labute approximate surface area is 167 Å². The Morgan fingerprint density at radius 1 is 0.897 bits per heavy atom. The van der Waals surface area contributed by atoms with Crippen LogP contribution in [0.15, 0.2) is 60.7 Å². The van der Waals surface area contributed by atoms with Crippen LogP contribution in [0.3, 0.4) is 0 Å². The topological polar surface area (TPSA) is 82.1 Å². The van der Waals surface area contributed by atoms with E-state index in [-0.39, 0.29) is 11.5 Å². The highest BCUT2D eigenvalue weighted by molar-refractivity contribution is 6.07. The Balaban J connectivity index is 1.77. The molecule has 0 saturated heterocycles. The van der Waals surface area contributed by atoms with Crippen molar-refractivity contribution in [2.75, 3.05) is 20.8 Å². The van der Waals surface area contributed by atoms with E-state index in [0.29, 0.717) is 11.3 Å². The summed E-state index contributed by atoms with van der Waals surface area (Å²) >= 11 is 0. The lowest BCUT2D eigenvalue weighted by Crippen LogP contribution is -2.10. The normalized spacial score (nSPS) is 10.8. The Morgan fingerprint density at radius 2 is 1.66 bits per heavy atom. The Hall–Kier alpha value is -3.80. The number of rotatable bonds is 8. The number of aliphatic carboxylic acids is 1. The molecule has 3 aromatic rings. The minimum atomic E-state index is -1.09. The number of carboxylic acid groups (broad SMARTS) is 1. The molecule has 0 saturated carbocycles. The second kappa shape index (κ2) is 8.93. The molecule has 148 valence electrons. The van der Waals surface area contributed by atoms with E-state index in [1.54, 1.807) is 19.3 Å². The van der Waals surface area contributed by atoms with Gasteiger partial charge in [0.1, 0.15) is 5.75 Å². The summed E-state index contributed by atoms with van der Waals surface area (Å²) in [5.41, 5.74) is 1.30. The molecule has 0 bridgehead atoms. The zero-order valence-corrected chi connectivity index (χ0v) is 16.0. The average molecular weight is 392 g/mol. The standard InChI is InChI=1S/C23H20O6/c1-27-19-8-6-16-11-15(3-5-17(16)12-19)4-9-20(24)18-7-10-21(22(13-18)28-2)29-14-23(25)26/h3-13H,14H2,1-2H3,(H,25,26)/b9-4+. The summed E-state index contributed by atoms with van der Waals surface area (Å²) in [6.45, 7) is -0.489. The van der Waals surface area contributed by atoms with Crippen molar-refractivity contribution in [1.82, 2.24) is 0 Å². The molecule has 6 nitrogen and oxygen atoms in total. The van der Waals surface area contributed by atoms with Gasteiger partial charge in [0.2, 0.25) is 0 Å². The molecular weight excluding hydrogens is 372 g/mol. The number of carbonyl (C=O) groups is 2. The van der Waals surface area contributed by atoms with E-state index in [0.717, 1.165) is 22.1 Å². The molecule has 0 heterocycles.